The molecule has 2 rings (SSSR count). The number of anilines is 1. The summed E-state index contributed by atoms with van der Waals surface area (Å²) in [4.78, 5) is 4.31. The molecule has 0 aliphatic heterocycles. The van der Waals surface area contributed by atoms with Gasteiger partial charge in [0.1, 0.15) is 12.1 Å². The van der Waals surface area contributed by atoms with Crippen molar-refractivity contribution in [3.8, 4) is 12.1 Å². The molecule has 0 unspecified atom stereocenters. The summed E-state index contributed by atoms with van der Waals surface area (Å²) < 4.78 is 2.08. The zero-order valence-corrected chi connectivity index (χ0v) is 10.5. The van der Waals surface area contributed by atoms with Gasteiger partial charge in [0.2, 0.25) is 5.71 Å². The molecule has 6 nitrogen and oxygen atoms in total. The quantitative estimate of drug-likeness (QED) is 0.667. The summed E-state index contributed by atoms with van der Waals surface area (Å²) in [5, 5.41) is 20.8. The Kier molecular flexibility index (Phi) is 3.75. The number of nitrogens with zero attached hydrogens (tertiary/aromatic N) is 5. The van der Waals surface area contributed by atoms with Gasteiger partial charge in [-0.1, -0.05) is 6.92 Å². The van der Waals surface area contributed by atoms with Crippen LogP contribution in [0.3, 0.4) is 0 Å². The number of hydrogen-bond acceptors (Lipinski definition) is 5. The van der Waals surface area contributed by atoms with Crippen molar-refractivity contribution in [3.05, 3.63) is 24.5 Å². The second kappa shape index (κ2) is 5.65. The van der Waals surface area contributed by atoms with Crippen LogP contribution in [-0.2, 0) is 6.54 Å². The normalized spacial score (nSPS) is 9.63. The molecule has 0 fully saturated rings. The van der Waals surface area contributed by atoms with Crippen LogP contribution < -0.4 is 5.43 Å². The highest BCUT2D eigenvalue weighted by Gasteiger charge is 2.03. The molecule has 0 aliphatic carbocycles. The molecule has 1 N–H and O–H groups in total. The number of hydrogen-bond donors (Lipinski definition) is 1. The minimum absolute atomic E-state index is 0.211. The molecular formula is C13H12N6. The fraction of sp³-hybridized carbons (Fsp3) is 0.231. The number of aromatic nitrogens is 2. The van der Waals surface area contributed by atoms with E-state index in [0.717, 1.165) is 24.0 Å². The van der Waals surface area contributed by atoms with Crippen LogP contribution in [-0.4, -0.2) is 15.3 Å². The predicted molar refractivity (Wildman–Crippen MR) is 72.3 cm³/mol. The van der Waals surface area contributed by atoms with Gasteiger partial charge in [0.15, 0.2) is 0 Å². The number of hydrazone groups is 1. The number of rotatable bonds is 4. The monoisotopic (exact) mass is 252 g/mol. The molecule has 1 heterocycles. The van der Waals surface area contributed by atoms with Gasteiger partial charge in [-0.05, 0) is 24.6 Å². The zero-order chi connectivity index (χ0) is 13.7. The molecule has 1 aromatic heterocycles. The third-order valence-electron chi connectivity index (χ3n) is 2.59. The highest BCUT2D eigenvalue weighted by molar-refractivity contribution is 6.10. The van der Waals surface area contributed by atoms with E-state index in [-0.39, 0.29) is 5.71 Å². The summed E-state index contributed by atoms with van der Waals surface area (Å²) in [6.07, 6.45) is 2.85. The largest absolute Gasteiger partial charge is 0.331 e. The topological polar surface area (TPSA) is 89.8 Å². The molecule has 19 heavy (non-hydrogen) atoms. The summed E-state index contributed by atoms with van der Waals surface area (Å²) in [5.74, 6) is 0. The lowest BCUT2D eigenvalue weighted by Gasteiger charge is -2.02. The van der Waals surface area contributed by atoms with Crippen LogP contribution in [0.4, 0.5) is 5.69 Å². The Labute approximate surface area is 110 Å². The molecule has 0 saturated carbocycles. The number of nitriles is 2. The number of imidazole rings is 1. The first-order valence-electron chi connectivity index (χ1n) is 5.87. The Hall–Kier alpha value is -2.86. The van der Waals surface area contributed by atoms with Gasteiger partial charge in [-0.2, -0.15) is 15.6 Å². The number of benzene rings is 1. The second-order valence-electron chi connectivity index (χ2n) is 3.94. The van der Waals surface area contributed by atoms with Crippen LogP contribution in [0.5, 0.6) is 0 Å². The average molecular weight is 252 g/mol. The van der Waals surface area contributed by atoms with E-state index in [4.69, 9.17) is 10.5 Å². The number of nitrogens with one attached hydrogen (secondary N) is 1. The predicted octanol–water partition coefficient (Wildman–Crippen LogP) is 2.26. The molecule has 94 valence electrons. The lowest BCUT2D eigenvalue weighted by atomic mass is 10.3. The maximum atomic E-state index is 8.58. The molecule has 0 radical (unpaired) electrons. The van der Waals surface area contributed by atoms with Crippen molar-refractivity contribution in [2.24, 2.45) is 5.10 Å². The van der Waals surface area contributed by atoms with Crippen molar-refractivity contribution in [1.29, 1.82) is 10.5 Å². The molecule has 0 atom stereocenters. The molecular weight excluding hydrogens is 240 g/mol. The minimum Gasteiger partial charge on any atom is -0.331 e. The van der Waals surface area contributed by atoms with Crippen molar-refractivity contribution in [1.82, 2.24) is 9.55 Å². The molecule has 0 aliphatic rings. The third kappa shape index (κ3) is 2.70. The SMILES string of the molecule is CCCn1cnc2cc(NN=C(C#N)C#N)ccc21. The van der Waals surface area contributed by atoms with Crippen molar-refractivity contribution >= 4 is 22.4 Å². The summed E-state index contributed by atoms with van der Waals surface area (Å²) in [5.41, 5.74) is 5.06. The smallest absolute Gasteiger partial charge is 0.237 e. The number of fused-ring (bicyclic) bond motifs is 1. The van der Waals surface area contributed by atoms with Crippen molar-refractivity contribution in [3.63, 3.8) is 0 Å². The van der Waals surface area contributed by atoms with Gasteiger partial charge in [-0.3, -0.25) is 5.43 Å². The molecule has 0 bridgehead atoms. The Balaban J connectivity index is 2.26. The van der Waals surface area contributed by atoms with Crippen molar-refractivity contribution in [2.45, 2.75) is 19.9 Å². The first kappa shape index (κ1) is 12.6. The summed E-state index contributed by atoms with van der Waals surface area (Å²) >= 11 is 0. The average Bonchev–Trinajstić information content (AvgIpc) is 2.83. The van der Waals surface area contributed by atoms with Crippen molar-refractivity contribution in [2.75, 3.05) is 5.43 Å². The summed E-state index contributed by atoms with van der Waals surface area (Å²) in [6, 6.07) is 8.98. The lowest BCUT2D eigenvalue weighted by molar-refractivity contribution is 0.697. The Morgan fingerprint density at radius 3 is 2.89 bits per heavy atom. The van der Waals surface area contributed by atoms with E-state index in [1.165, 1.54) is 0 Å². The summed E-state index contributed by atoms with van der Waals surface area (Å²) in [6.45, 7) is 3.04. The molecule has 0 amide bonds. The Bertz CT molecular complexity index is 682. The van der Waals surface area contributed by atoms with E-state index in [0.29, 0.717) is 5.69 Å². The van der Waals surface area contributed by atoms with Gasteiger partial charge < -0.3 is 4.57 Å². The minimum atomic E-state index is -0.211. The van der Waals surface area contributed by atoms with E-state index in [2.05, 4.69) is 27.0 Å². The summed E-state index contributed by atoms with van der Waals surface area (Å²) in [7, 11) is 0. The third-order valence-corrected chi connectivity index (χ3v) is 2.59. The van der Waals surface area contributed by atoms with Gasteiger partial charge in [0, 0.05) is 6.54 Å². The lowest BCUT2D eigenvalue weighted by Crippen LogP contribution is -1.97. The zero-order valence-electron chi connectivity index (χ0n) is 10.5. The van der Waals surface area contributed by atoms with E-state index in [1.807, 2.05) is 18.2 Å². The van der Waals surface area contributed by atoms with Gasteiger partial charge in [-0.25, -0.2) is 4.98 Å². The van der Waals surface area contributed by atoms with Gasteiger partial charge in [-0.15, -0.1) is 0 Å². The van der Waals surface area contributed by atoms with Crippen LogP contribution in [0, 0.1) is 22.7 Å². The van der Waals surface area contributed by atoms with E-state index >= 15 is 0 Å². The standard InChI is InChI=1S/C13H12N6/c1-2-5-19-9-16-12-6-10(3-4-13(12)19)17-18-11(7-14)8-15/h3-4,6,9,17H,2,5H2,1H3. The highest BCUT2D eigenvalue weighted by atomic mass is 15.3. The molecule has 1 aromatic carbocycles. The van der Waals surface area contributed by atoms with Crippen LogP contribution in [0.15, 0.2) is 29.6 Å². The second-order valence-corrected chi connectivity index (χ2v) is 3.94. The first-order valence-corrected chi connectivity index (χ1v) is 5.87. The van der Waals surface area contributed by atoms with Crippen LogP contribution in [0.2, 0.25) is 0 Å². The molecule has 2 aromatic rings. The van der Waals surface area contributed by atoms with Gasteiger partial charge in [0.05, 0.1) is 23.0 Å². The molecule has 6 heteroatoms. The van der Waals surface area contributed by atoms with Crippen molar-refractivity contribution < 1.29 is 0 Å². The Morgan fingerprint density at radius 1 is 1.42 bits per heavy atom. The van der Waals surface area contributed by atoms with Crippen LogP contribution in [0.1, 0.15) is 13.3 Å². The van der Waals surface area contributed by atoms with Crippen LogP contribution in [0.25, 0.3) is 11.0 Å². The van der Waals surface area contributed by atoms with Crippen LogP contribution >= 0.6 is 0 Å². The molecule has 0 spiro atoms. The van der Waals surface area contributed by atoms with E-state index in [1.54, 1.807) is 18.5 Å². The first-order chi connectivity index (χ1) is 9.28. The number of aryl methyl sites for hydroxylation is 1. The fourth-order valence-corrected chi connectivity index (χ4v) is 1.75. The Morgan fingerprint density at radius 2 is 2.21 bits per heavy atom. The van der Waals surface area contributed by atoms with E-state index < -0.39 is 0 Å². The molecule has 0 saturated heterocycles. The fourth-order valence-electron chi connectivity index (χ4n) is 1.75. The highest BCUT2D eigenvalue weighted by Crippen LogP contribution is 2.18. The van der Waals surface area contributed by atoms with E-state index in [9.17, 15) is 0 Å². The maximum Gasteiger partial charge on any atom is 0.237 e. The van der Waals surface area contributed by atoms with Gasteiger partial charge >= 0.3 is 0 Å². The maximum absolute atomic E-state index is 8.58. The van der Waals surface area contributed by atoms with Gasteiger partial charge in [0.25, 0.3) is 0 Å².